The summed E-state index contributed by atoms with van der Waals surface area (Å²) in [6.45, 7) is 3.92. The van der Waals surface area contributed by atoms with Crippen LogP contribution >= 0.6 is 0 Å². The van der Waals surface area contributed by atoms with E-state index in [9.17, 15) is 4.79 Å². The summed E-state index contributed by atoms with van der Waals surface area (Å²) in [5.41, 5.74) is 0. The van der Waals surface area contributed by atoms with Crippen molar-refractivity contribution in [2.75, 3.05) is 0 Å². The lowest BCUT2D eigenvalue weighted by molar-refractivity contribution is -0.118. The van der Waals surface area contributed by atoms with Crippen LogP contribution in [0.15, 0.2) is 0 Å². The van der Waals surface area contributed by atoms with Gasteiger partial charge in [-0.05, 0) is 6.42 Å². The Morgan fingerprint density at radius 3 is 2.00 bits per heavy atom. The zero-order chi connectivity index (χ0) is 5.70. The van der Waals surface area contributed by atoms with Gasteiger partial charge in [-0.3, -0.25) is 4.79 Å². The summed E-state index contributed by atoms with van der Waals surface area (Å²) in [5.74, 6) is 0.377. The van der Waals surface area contributed by atoms with E-state index in [0.29, 0.717) is 12.2 Å². The van der Waals surface area contributed by atoms with E-state index in [2.05, 4.69) is 0 Å². The van der Waals surface area contributed by atoms with E-state index in [0.717, 1.165) is 12.8 Å². The molecule has 0 aromatic carbocycles. The van der Waals surface area contributed by atoms with Gasteiger partial charge in [-0.15, -0.1) is 0 Å². The maximum Gasteiger partial charge on any atom is 0.187 e. The van der Waals surface area contributed by atoms with Crippen molar-refractivity contribution in [3.8, 4) is 0 Å². The number of ketones is 1. The molecule has 0 spiro atoms. The van der Waals surface area contributed by atoms with Gasteiger partial charge < -0.3 is 0 Å². The molecule has 0 amide bonds. The lowest BCUT2D eigenvalue weighted by Crippen LogP contribution is -1.91. The molecule has 1 nitrogen and oxygen atoms in total. The summed E-state index contributed by atoms with van der Waals surface area (Å²) >= 11 is 0. The van der Waals surface area contributed by atoms with Crippen LogP contribution < -0.4 is 0 Å². The first-order valence-corrected chi connectivity index (χ1v) is 2.83. The van der Waals surface area contributed by atoms with Crippen molar-refractivity contribution in [2.24, 2.45) is 0 Å². The molecule has 0 aliphatic rings. The number of carbonyl (C=O) groups excluding carboxylic acids is 1. The molecule has 0 bridgehead atoms. The van der Waals surface area contributed by atoms with Gasteiger partial charge in [-0.25, -0.2) is 0 Å². The molecular weight excluding hydrogens is 115 g/mol. The van der Waals surface area contributed by atoms with Crippen LogP contribution in [0.4, 0.5) is 0 Å². The van der Waals surface area contributed by atoms with E-state index < -0.39 is 0 Å². The molecule has 0 aliphatic heterocycles. The summed E-state index contributed by atoms with van der Waals surface area (Å²) < 4.78 is 0. The first kappa shape index (κ1) is 11.1. The third-order valence-electron chi connectivity index (χ3n) is 0.923. The Balaban J connectivity index is 0. The Morgan fingerprint density at radius 1 is 1.38 bits per heavy atom. The normalized spacial score (nSPS) is 7.75. The zero-order valence-corrected chi connectivity index (χ0v) is 5.03. The monoisotopic (exact) mass is 130 g/mol. The molecule has 0 N–H and O–H groups in total. The molecule has 48 valence electrons. The van der Waals surface area contributed by atoms with Crippen molar-refractivity contribution in [3.05, 3.63) is 0 Å². The third kappa shape index (κ3) is 6.20. The third-order valence-corrected chi connectivity index (χ3v) is 0.923. The summed E-state index contributed by atoms with van der Waals surface area (Å²) in [6, 6.07) is 0. The van der Waals surface area contributed by atoms with E-state index in [4.69, 9.17) is 0 Å². The number of carbonyl (C=O) groups is 1. The lowest BCUT2D eigenvalue weighted by atomic mass is 10.2. The molecule has 0 aromatic rings. The Labute approximate surface area is 61.6 Å². The molecule has 0 unspecified atom stereocenters. The van der Waals surface area contributed by atoms with Crippen LogP contribution in [0.1, 0.15) is 33.1 Å². The fraction of sp³-hybridized carbons (Fsp3) is 0.833. The van der Waals surface area contributed by atoms with Crippen LogP contribution in [0.2, 0.25) is 0 Å². The summed E-state index contributed by atoms with van der Waals surface area (Å²) in [6.07, 6.45) is 2.46. The van der Waals surface area contributed by atoms with Gasteiger partial charge >= 0.3 is 0 Å². The van der Waals surface area contributed by atoms with Crippen LogP contribution in [0.3, 0.4) is 0 Å². The smallest absolute Gasteiger partial charge is 0.187 e. The molecule has 0 saturated heterocycles. The number of hydrogen-bond acceptors (Lipinski definition) is 1. The summed E-state index contributed by atoms with van der Waals surface area (Å²) in [7, 11) is 0. The average Bonchev–Trinajstić information content (AvgIpc) is 1.68. The fourth-order valence-corrected chi connectivity index (χ4v) is 0.456. The van der Waals surface area contributed by atoms with Gasteiger partial charge in [0.2, 0.25) is 0 Å². The maximum atomic E-state index is 10.4. The molecule has 0 aliphatic carbocycles. The second kappa shape index (κ2) is 7.20. The first-order valence-electron chi connectivity index (χ1n) is 2.83. The van der Waals surface area contributed by atoms with Gasteiger partial charge in [-0.2, -0.15) is 0 Å². The van der Waals surface area contributed by atoms with E-state index in [1.807, 2.05) is 13.8 Å². The maximum absolute atomic E-state index is 10.4. The van der Waals surface area contributed by atoms with Crippen LogP contribution in [0.25, 0.3) is 0 Å². The molecule has 0 aromatic heterocycles. The predicted octanol–water partition coefficient (Wildman–Crippen LogP) is 0.582. The number of Topliss-reactive ketones (excluding diaryl/α,β-unsaturated/α-hetero) is 1. The quantitative estimate of drug-likeness (QED) is 0.511. The minimum absolute atomic E-state index is 0. The van der Waals surface area contributed by atoms with E-state index in [1.165, 1.54) is 0 Å². The number of rotatable bonds is 3. The van der Waals surface area contributed by atoms with Crippen molar-refractivity contribution in [3.63, 3.8) is 0 Å². The molecule has 0 saturated carbocycles. The van der Waals surface area contributed by atoms with E-state index in [1.54, 1.807) is 0 Å². The lowest BCUT2D eigenvalue weighted by Gasteiger charge is -1.87. The second-order valence-corrected chi connectivity index (χ2v) is 1.64. The summed E-state index contributed by atoms with van der Waals surface area (Å²) in [4.78, 5) is 10.4. The van der Waals surface area contributed by atoms with Crippen LogP contribution in [0.5, 0.6) is 0 Å². The molecule has 0 radical (unpaired) electrons. The molecule has 2 heteroatoms. The molecular formula is C6H15AlO. The summed E-state index contributed by atoms with van der Waals surface area (Å²) in [5, 5.41) is 0. The van der Waals surface area contributed by atoms with Gasteiger partial charge in [0.05, 0.1) is 0 Å². The first-order chi connectivity index (χ1) is 3.31. The van der Waals surface area contributed by atoms with Crippen molar-refractivity contribution >= 4 is 23.1 Å². The average molecular weight is 130 g/mol. The molecule has 8 heavy (non-hydrogen) atoms. The number of hydrogen-bond donors (Lipinski definition) is 0. The highest BCUT2D eigenvalue weighted by Crippen LogP contribution is 1.90. The Morgan fingerprint density at radius 2 is 1.88 bits per heavy atom. The Hall–Kier alpha value is 0.202. The topological polar surface area (TPSA) is 17.1 Å². The standard InChI is InChI=1S/C6H12O.Al.3H/c1-3-5-6(7)4-2;;;;/h3-5H2,1-2H3;;;;. The van der Waals surface area contributed by atoms with Gasteiger partial charge in [0.25, 0.3) is 0 Å². The van der Waals surface area contributed by atoms with Gasteiger partial charge in [0.15, 0.2) is 17.4 Å². The van der Waals surface area contributed by atoms with Crippen LogP contribution in [0, 0.1) is 0 Å². The van der Waals surface area contributed by atoms with Crippen molar-refractivity contribution in [1.29, 1.82) is 0 Å². The van der Waals surface area contributed by atoms with Gasteiger partial charge in [0, 0.05) is 12.8 Å². The minimum atomic E-state index is 0. The van der Waals surface area contributed by atoms with E-state index >= 15 is 0 Å². The van der Waals surface area contributed by atoms with Gasteiger partial charge in [-0.1, -0.05) is 13.8 Å². The van der Waals surface area contributed by atoms with E-state index in [-0.39, 0.29) is 17.4 Å². The zero-order valence-electron chi connectivity index (χ0n) is 5.03. The van der Waals surface area contributed by atoms with Crippen molar-refractivity contribution in [1.82, 2.24) is 0 Å². The SMILES string of the molecule is CCCC(=O)CC.[AlH3]. The van der Waals surface area contributed by atoms with Crippen LogP contribution in [-0.2, 0) is 4.79 Å². The van der Waals surface area contributed by atoms with Crippen LogP contribution in [-0.4, -0.2) is 23.1 Å². The Kier molecular flexibility index (Phi) is 9.96. The highest BCUT2D eigenvalue weighted by molar-refractivity contribution is 5.77. The highest BCUT2D eigenvalue weighted by atomic mass is 27.0. The minimum Gasteiger partial charge on any atom is -0.300 e. The fourth-order valence-electron chi connectivity index (χ4n) is 0.456. The van der Waals surface area contributed by atoms with Crippen molar-refractivity contribution in [2.45, 2.75) is 33.1 Å². The van der Waals surface area contributed by atoms with Gasteiger partial charge in [0.1, 0.15) is 5.78 Å². The largest absolute Gasteiger partial charge is 0.300 e. The highest BCUT2D eigenvalue weighted by Gasteiger charge is 1.91. The molecule has 0 heterocycles. The second-order valence-electron chi connectivity index (χ2n) is 1.64. The predicted molar refractivity (Wildman–Crippen MR) is 40.1 cm³/mol. The molecule has 0 rings (SSSR count). The molecule has 0 atom stereocenters. The Bertz CT molecular complexity index is 61.5. The van der Waals surface area contributed by atoms with Crippen molar-refractivity contribution < 1.29 is 4.79 Å². The molecule has 0 fully saturated rings.